The Kier molecular flexibility index (Phi) is 3.28. The summed E-state index contributed by atoms with van der Waals surface area (Å²) < 4.78 is 20.9. The molecular weight excluding hydrogens is 263 g/mol. The van der Waals surface area contributed by atoms with Gasteiger partial charge in [-0.2, -0.15) is 0 Å². The van der Waals surface area contributed by atoms with Crippen LogP contribution in [-0.4, -0.2) is 26.6 Å². The van der Waals surface area contributed by atoms with Crippen molar-refractivity contribution in [1.82, 2.24) is 9.59 Å². The molecule has 1 aromatic heterocycles. The smallest absolute Gasteiger partial charge is 0.358 e. The molecule has 0 aliphatic heterocycles. The summed E-state index contributed by atoms with van der Waals surface area (Å²) in [4.78, 5) is 22.2. The molecular formula is C10H5FN2O4S. The number of esters is 1. The lowest BCUT2D eigenvalue weighted by atomic mass is 10.3. The lowest BCUT2D eigenvalue weighted by molar-refractivity contribution is 0.0665. The van der Waals surface area contributed by atoms with Crippen molar-refractivity contribution in [2.75, 3.05) is 0 Å². The number of ether oxygens (including phenoxy) is 1. The van der Waals surface area contributed by atoms with E-state index in [9.17, 15) is 14.0 Å². The van der Waals surface area contributed by atoms with Gasteiger partial charge < -0.3 is 9.84 Å². The quantitative estimate of drug-likeness (QED) is 0.671. The number of halogens is 1. The van der Waals surface area contributed by atoms with Crippen LogP contribution in [0.3, 0.4) is 0 Å². The monoisotopic (exact) mass is 268 g/mol. The summed E-state index contributed by atoms with van der Waals surface area (Å²) in [6.07, 6.45) is 0. The molecule has 0 amide bonds. The minimum Gasteiger partial charge on any atom is -0.476 e. The van der Waals surface area contributed by atoms with E-state index in [0.29, 0.717) is 11.5 Å². The van der Waals surface area contributed by atoms with Crippen molar-refractivity contribution in [2.45, 2.75) is 0 Å². The molecule has 8 heteroatoms. The van der Waals surface area contributed by atoms with Crippen LogP contribution in [-0.2, 0) is 0 Å². The number of benzene rings is 1. The van der Waals surface area contributed by atoms with Crippen LogP contribution in [0.4, 0.5) is 4.39 Å². The third kappa shape index (κ3) is 2.48. The second-order valence-corrected chi connectivity index (χ2v) is 3.85. The third-order valence-electron chi connectivity index (χ3n) is 1.90. The maximum atomic E-state index is 12.6. The number of carboxylic acids is 1. The second-order valence-electron chi connectivity index (χ2n) is 3.10. The first-order chi connectivity index (χ1) is 8.58. The highest BCUT2D eigenvalue weighted by Gasteiger charge is 2.23. The summed E-state index contributed by atoms with van der Waals surface area (Å²) >= 11 is 0.618. The molecule has 6 nitrogen and oxygen atoms in total. The van der Waals surface area contributed by atoms with E-state index >= 15 is 0 Å². The van der Waals surface area contributed by atoms with Gasteiger partial charge in [0.1, 0.15) is 11.6 Å². The fourth-order valence-electron chi connectivity index (χ4n) is 1.12. The van der Waals surface area contributed by atoms with Gasteiger partial charge in [0, 0.05) is 0 Å². The van der Waals surface area contributed by atoms with Gasteiger partial charge in [0.25, 0.3) is 0 Å². The summed E-state index contributed by atoms with van der Waals surface area (Å²) in [7, 11) is 0. The van der Waals surface area contributed by atoms with Crippen molar-refractivity contribution in [3.8, 4) is 5.75 Å². The number of aromatic nitrogens is 2. The Morgan fingerprint density at radius 3 is 2.56 bits per heavy atom. The van der Waals surface area contributed by atoms with Gasteiger partial charge in [-0.25, -0.2) is 14.0 Å². The van der Waals surface area contributed by atoms with Gasteiger partial charge in [0.15, 0.2) is 10.6 Å². The molecule has 2 rings (SSSR count). The number of nitrogens with zero attached hydrogens (tertiary/aromatic N) is 2. The van der Waals surface area contributed by atoms with Crippen LogP contribution in [0.25, 0.3) is 0 Å². The minimum absolute atomic E-state index is 0.103. The number of rotatable bonds is 3. The highest BCUT2D eigenvalue weighted by atomic mass is 32.1. The van der Waals surface area contributed by atoms with Crippen LogP contribution >= 0.6 is 11.5 Å². The molecule has 0 aliphatic carbocycles. The van der Waals surface area contributed by atoms with E-state index in [-0.39, 0.29) is 10.6 Å². The maximum Gasteiger partial charge on any atom is 0.358 e. The molecule has 1 aromatic carbocycles. The van der Waals surface area contributed by atoms with E-state index in [1.165, 1.54) is 12.1 Å². The van der Waals surface area contributed by atoms with Crippen LogP contribution in [0.5, 0.6) is 5.75 Å². The fourth-order valence-corrected chi connectivity index (χ4v) is 1.66. The van der Waals surface area contributed by atoms with E-state index in [4.69, 9.17) is 9.84 Å². The number of hydrogen-bond acceptors (Lipinski definition) is 6. The summed E-state index contributed by atoms with van der Waals surface area (Å²) in [5.41, 5.74) is -0.466. The lowest BCUT2D eigenvalue weighted by Gasteiger charge is -2.01. The summed E-state index contributed by atoms with van der Waals surface area (Å²) in [5, 5.41) is 12.1. The average molecular weight is 268 g/mol. The highest BCUT2D eigenvalue weighted by molar-refractivity contribution is 7.08. The molecule has 0 aliphatic rings. The van der Waals surface area contributed by atoms with Gasteiger partial charge in [-0.15, -0.1) is 5.10 Å². The topological polar surface area (TPSA) is 89.4 Å². The Hall–Kier alpha value is -2.35. The number of carbonyl (C=O) groups is 2. The first-order valence-electron chi connectivity index (χ1n) is 4.61. The third-order valence-corrected chi connectivity index (χ3v) is 2.61. The Morgan fingerprint density at radius 1 is 1.28 bits per heavy atom. The molecule has 0 spiro atoms. The predicted molar refractivity (Wildman–Crippen MR) is 58.2 cm³/mol. The minimum atomic E-state index is -1.37. The molecule has 0 fully saturated rings. The van der Waals surface area contributed by atoms with Crippen molar-refractivity contribution in [3.63, 3.8) is 0 Å². The number of carbonyl (C=O) groups excluding carboxylic acids is 1. The summed E-state index contributed by atoms with van der Waals surface area (Å²) in [6.45, 7) is 0. The Bertz CT molecular complexity index is 596. The molecule has 0 unspecified atom stereocenters. The highest BCUT2D eigenvalue weighted by Crippen LogP contribution is 2.17. The molecule has 0 saturated carbocycles. The molecule has 92 valence electrons. The van der Waals surface area contributed by atoms with Crippen molar-refractivity contribution in [3.05, 3.63) is 40.7 Å². The van der Waals surface area contributed by atoms with Crippen LogP contribution in [0.15, 0.2) is 24.3 Å². The van der Waals surface area contributed by atoms with Crippen molar-refractivity contribution in [2.24, 2.45) is 0 Å². The first-order valence-corrected chi connectivity index (χ1v) is 5.38. The number of hydrogen-bond donors (Lipinski definition) is 1. The van der Waals surface area contributed by atoms with Gasteiger partial charge in [-0.05, 0) is 35.8 Å². The summed E-state index contributed by atoms with van der Waals surface area (Å²) in [5.74, 6) is -2.63. The second kappa shape index (κ2) is 4.88. The molecule has 18 heavy (non-hydrogen) atoms. The average Bonchev–Trinajstić information content (AvgIpc) is 2.81. The van der Waals surface area contributed by atoms with E-state index in [1.807, 2.05) is 0 Å². The van der Waals surface area contributed by atoms with Crippen LogP contribution in [0.1, 0.15) is 20.2 Å². The van der Waals surface area contributed by atoms with Gasteiger partial charge in [0.05, 0.1) is 0 Å². The number of carboxylic acid groups (broad SMARTS) is 1. The van der Waals surface area contributed by atoms with Crippen LogP contribution in [0, 0.1) is 5.82 Å². The van der Waals surface area contributed by atoms with E-state index in [1.54, 1.807) is 0 Å². The van der Waals surface area contributed by atoms with Gasteiger partial charge in [-0.3, -0.25) is 0 Å². The zero-order chi connectivity index (χ0) is 13.1. The lowest BCUT2D eigenvalue weighted by Crippen LogP contribution is -2.12. The first kappa shape index (κ1) is 12.1. The van der Waals surface area contributed by atoms with Gasteiger partial charge >= 0.3 is 11.9 Å². The molecule has 1 N–H and O–H groups in total. The largest absolute Gasteiger partial charge is 0.476 e. The molecule has 0 radical (unpaired) electrons. The van der Waals surface area contributed by atoms with Crippen LogP contribution in [0.2, 0.25) is 0 Å². The normalized spacial score (nSPS) is 10.1. The molecule has 1 heterocycles. The van der Waals surface area contributed by atoms with Crippen molar-refractivity contribution < 1.29 is 23.8 Å². The predicted octanol–water partition coefficient (Wildman–Crippen LogP) is 1.59. The van der Waals surface area contributed by atoms with E-state index in [0.717, 1.165) is 12.1 Å². The summed E-state index contributed by atoms with van der Waals surface area (Å²) in [6, 6.07) is 4.74. The molecule has 0 saturated heterocycles. The van der Waals surface area contributed by atoms with Gasteiger partial charge in [-0.1, -0.05) is 4.49 Å². The molecule has 0 bridgehead atoms. The molecule has 0 atom stereocenters. The van der Waals surface area contributed by atoms with Crippen molar-refractivity contribution >= 4 is 23.5 Å². The SMILES string of the molecule is O=C(O)c1nnsc1C(=O)Oc1ccc(F)cc1. The Balaban J connectivity index is 2.19. The van der Waals surface area contributed by atoms with Crippen LogP contribution < -0.4 is 4.74 Å². The zero-order valence-electron chi connectivity index (χ0n) is 8.66. The maximum absolute atomic E-state index is 12.6. The Morgan fingerprint density at radius 2 is 1.94 bits per heavy atom. The fraction of sp³-hybridized carbons (Fsp3) is 0. The molecule has 2 aromatic rings. The number of aromatic carboxylic acids is 1. The van der Waals surface area contributed by atoms with E-state index < -0.39 is 23.4 Å². The van der Waals surface area contributed by atoms with Crippen molar-refractivity contribution in [1.29, 1.82) is 0 Å². The standard InChI is InChI=1S/C10H5FN2O4S/c11-5-1-3-6(4-2-5)17-10(16)8-7(9(14)15)12-13-18-8/h1-4H,(H,14,15). The zero-order valence-corrected chi connectivity index (χ0v) is 9.48. The van der Waals surface area contributed by atoms with Gasteiger partial charge in [0.2, 0.25) is 0 Å². The Labute approximate surface area is 104 Å². The van der Waals surface area contributed by atoms with E-state index in [2.05, 4.69) is 9.59 Å².